The summed E-state index contributed by atoms with van der Waals surface area (Å²) in [4.78, 5) is 6.85. The van der Waals surface area contributed by atoms with Crippen LogP contribution in [0.2, 0.25) is 0 Å². The molecule has 0 spiro atoms. The van der Waals surface area contributed by atoms with Crippen molar-refractivity contribution < 1.29 is 0 Å². The normalized spacial score (nSPS) is 12.0. The summed E-state index contributed by atoms with van der Waals surface area (Å²) in [5.41, 5.74) is 2.63. The third-order valence-electron chi connectivity index (χ3n) is 2.93. The smallest absolute Gasteiger partial charge is 0.131 e. The van der Waals surface area contributed by atoms with Crippen LogP contribution in [0.1, 0.15) is 45.7 Å². The average Bonchev–Trinajstić information content (AvgIpc) is 2.24. The van der Waals surface area contributed by atoms with Crippen LogP contribution in [-0.4, -0.2) is 24.1 Å². The Bertz CT molecular complexity index is 405. The Morgan fingerprint density at radius 2 is 1.95 bits per heavy atom. The maximum absolute atomic E-state index is 4.62. The molecule has 19 heavy (non-hydrogen) atoms. The van der Waals surface area contributed by atoms with Crippen LogP contribution in [0.5, 0.6) is 0 Å². The molecule has 0 atom stereocenters. The van der Waals surface area contributed by atoms with Gasteiger partial charge in [0.05, 0.1) is 0 Å². The zero-order valence-corrected chi connectivity index (χ0v) is 13.5. The number of nitrogens with one attached hydrogen (secondary N) is 1. The lowest BCUT2D eigenvalue weighted by molar-refractivity contribution is 0.424. The number of hydrogen-bond acceptors (Lipinski definition) is 3. The quantitative estimate of drug-likeness (QED) is 0.883. The Morgan fingerprint density at radius 1 is 1.32 bits per heavy atom. The predicted octanol–water partition coefficient (Wildman–Crippen LogP) is 3.37. The maximum atomic E-state index is 4.62. The molecule has 0 aliphatic rings. The minimum Gasteiger partial charge on any atom is -0.359 e. The van der Waals surface area contributed by atoms with Gasteiger partial charge in [-0.25, -0.2) is 4.98 Å². The molecule has 0 unspecified atom stereocenters. The molecular formula is C16H29N3. The van der Waals surface area contributed by atoms with Crippen LogP contribution < -0.4 is 10.2 Å². The van der Waals surface area contributed by atoms with E-state index in [9.17, 15) is 0 Å². The van der Waals surface area contributed by atoms with Crippen molar-refractivity contribution in [2.24, 2.45) is 5.92 Å². The fourth-order valence-electron chi connectivity index (χ4n) is 2.12. The van der Waals surface area contributed by atoms with E-state index in [4.69, 9.17) is 0 Å². The van der Waals surface area contributed by atoms with Crippen LogP contribution >= 0.6 is 0 Å². The van der Waals surface area contributed by atoms with Gasteiger partial charge in [-0.2, -0.15) is 0 Å². The molecule has 0 fully saturated rings. The van der Waals surface area contributed by atoms with Crippen molar-refractivity contribution in [2.75, 3.05) is 18.5 Å². The first kappa shape index (κ1) is 16.0. The van der Waals surface area contributed by atoms with Gasteiger partial charge in [0.1, 0.15) is 5.82 Å². The van der Waals surface area contributed by atoms with Gasteiger partial charge in [-0.1, -0.05) is 13.8 Å². The SMILES string of the molecule is Cc1cc(CNC(C)(C)C)cnc1N(C)CC(C)C. The molecule has 1 rings (SSSR count). The summed E-state index contributed by atoms with van der Waals surface area (Å²) in [6, 6.07) is 2.23. The zero-order valence-electron chi connectivity index (χ0n) is 13.5. The second-order valence-electron chi connectivity index (χ2n) is 6.86. The van der Waals surface area contributed by atoms with E-state index < -0.39 is 0 Å². The van der Waals surface area contributed by atoms with E-state index in [-0.39, 0.29) is 5.54 Å². The Labute approximate surface area is 118 Å². The second kappa shape index (κ2) is 6.38. The van der Waals surface area contributed by atoms with E-state index in [0.29, 0.717) is 5.92 Å². The average molecular weight is 263 g/mol. The predicted molar refractivity (Wildman–Crippen MR) is 83.7 cm³/mol. The zero-order chi connectivity index (χ0) is 14.6. The first-order valence-corrected chi connectivity index (χ1v) is 7.10. The number of hydrogen-bond donors (Lipinski definition) is 1. The summed E-state index contributed by atoms with van der Waals surface area (Å²) in [6.07, 6.45) is 1.98. The molecule has 1 aromatic rings. The van der Waals surface area contributed by atoms with E-state index in [2.05, 4.69) is 69.9 Å². The molecule has 0 aromatic carbocycles. The molecule has 0 aliphatic heterocycles. The fourth-order valence-corrected chi connectivity index (χ4v) is 2.12. The minimum atomic E-state index is 0.140. The van der Waals surface area contributed by atoms with E-state index in [1.165, 1.54) is 11.1 Å². The van der Waals surface area contributed by atoms with Gasteiger partial charge in [0, 0.05) is 31.9 Å². The van der Waals surface area contributed by atoms with Gasteiger partial charge in [-0.15, -0.1) is 0 Å². The molecule has 0 aliphatic carbocycles. The van der Waals surface area contributed by atoms with Crippen molar-refractivity contribution in [1.29, 1.82) is 0 Å². The summed E-state index contributed by atoms with van der Waals surface area (Å²) >= 11 is 0. The molecule has 3 nitrogen and oxygen atoms in total. The Balaban J connectivity index is 2.74. The molecule has 0 radical (unpaired) electrons. The van der Waals surface area contributed by atoms with Crippen LogP contribution in [-0.2, 0) is 6.54 Å². The summed E-state index contributed by atoms with van der Waals surface area (Å²) in [5.74, 6) is 1.74. The van der Waals surface area contributed by atoms with Gasteiger partial charge in [0.15, 0.2) is 0 Å². The fraction of sp³-hybridized carbons (Fsp3) is 0.688. The number of anilines is 1. The monoisotopic (exact) mass is 263 g/mol. The molecule has 0 amide bonds. The van der Waals surface area contributed by atoms with Crippen molar-refractivity contribution in [3.63, 3.8) is 0 Å². The molecule has 1 heterocycles. The maximum Gasteiger partial charge on any atom is 0.131 e. The largest absolute Gasteiger partial charge is 0.359 e. The Kier molecular flexibility index (Phi) is 5.36. The minimum absolute atomic E-state index is 0.140. The molecule has 1 aromatic heterocycles. The van der Waals surface area contributed by atoms with Gasteiger partial charge in [-0.3, -0.25) is 0 Å². The standard InChI is InChI=1S/C16H29N3/c1-12(2)11-19(7)15-13(3)8-14(9-17-15)10-18-16(4,5)6/h8-9,12,18H,10-11H2,1-7H3. The molecule has 3 heteroatoms. The van der Waals surface area contributed by atoms with Gasteiger partial charge in [-0.05, 0) is 50.8 Å². The molecular weight excluding hydrogens is 234 g/mol. The van der Waals surface area contributed by atoms with Crippen molar-refractivity contribution in [1.82, 2.24) is 10.3 Å². The third kappa shape index (κ3) is 5.60. The van der Waals surface area contributed by atoms with Crippen LogP contribution in [0.4, 0.5) is 5.82 Å². The highest BCUT2D eigenvalue weighted by Gasteiger charge is 2.11. The second-order valence-corrected chi connectivity index (χ2v) is 6.86. The van der Waals surface area contributed by atoms with Crippen LogP contribution in [0.15, 0.2) is 12.3 Å². The molecule has 108 valence electrons. The molecule has 0 bridgehead atoms. The third-order valence-corrected chi connectivity index (χ3v) is 2.93. The van der Waals surface area contributed by atoms with Gasteiger partial charge < -0.3 is 10.2 Å². The van der Waals surface area contributed by atoms with Crippen molar-refractivity contribution in [3.8, 4) is 0 Å². The van der Waals surface area contributed by atoms with Crippen molar-refractivity contribution >= 4 is 5.82 Å². The number of aryl methyl sites for hydroxylation is 1. The highest BCUT2D eigenvalue weighted by molar-refractivity contribution is 5.46. The van der Waals surface area contributed by atoms with Gasteiger partial charge in [0.25, 0.3) is 0 Å². The summed E-state index contributed by atoms with van der Waals surface area (Å²) < 4.78 is 0. The number of rotatable bonds is 5. The van der Waals surface area contributed by atoms with Gasteiger partial charge >= 0.3 is 0 Å². The molecule has 1 N–H and O–H groups in total. The lowest BCUT2D eigenvalue weighted by Gasteiger charge is -2.23. The first-order chi connectivity index (χ1) is 8.69. The van der Waals surface area contributed by atoms with E-state index in [0.717, 1.165) is 18.9 Å². The first-order valence-electron chi connectivity index (χ1n) is 7.10. The van der Waals surface area contributed by atoms with Crippen molar-refractivity contribution in [2.45, 2.75) is 53.6 Å². The molecule has 0 saturated heterocycles. The number of pyridine rings is 1. The lowest BCUT2D eigenvalue weighted by atomic mass is 10.1. The van der Waals surface area contributed by atoms with Crippen LogP contribution in [0.3, 0.4) is 0 Å². The topological polar surface area (TPSA) is 28.2 Å². The summed E-state index contributed by atoms with van der Waals surface area (Å²) in [5, 5.41) is 3.49. The van der Waals surface area contributed by atoms with Crippen molar-refractivity contribution in [3.05, 3.63) is 23.4 Å². The molecule has 0 saturated carbocycles. The number of aromatic nitrogens is 1. The van der Waals surface area contributed by atoms with Crippen LogP contribution in [0.25, 0.3) is 0 Å². The number of nitrogens with zero attached hydrogens (tertiary/aromatic N) is 2. The Morgan fingerprint density at radius 3 is 2.42 bits per heavy atom. The highest BCUT2D eigenvalue weighted by atomic mass is 15.2. The van der Waals surface area contributed by atoms with E-state index in [1.54, 1.807) is 0 Å². The summed E-state index contributed by atoms with van der Waals surface area (Å²) in [7, 11) is 2.11. The van der Waals surface area contributed by atoms with Gasteiger partial charge in [0.2, 0.25) is 0 Å². The summed E-state index contributed by atoms with van der Waals surface area (Å²) in [6.45, 7) is 15.0. The lowest BCUT2D eigenvalue weighted by Crippen LogP contribution is -2.35. The van der Waals surface area contributed by atoms with E-state index in [1.807, 2.05) is 6.20 Å². The van der Waals surface area contributed by atoms with E-state index >= 15 is 0 Å². The highest BCUT2D eigenvalue weighted by Crippen LogP contribution is 2.18. The van der Waals surface area contributed by atoms with Crippen LogP contribution in [0, 0.1) is 12.8 Å². The Hall–Kier alpha value is -1.09.